The summed E-state index contributed by atoms with van der Waals surface area (Å²) in [6, 6.07) is 2.02. The van der Waals surface area contributed by atoms with Crippen molar-refractivity contribution in [1.29, 1.82) is 0 Å². The van der Waals surface area contributed by atoms with Gasteiger partial charge >= 0.3 is 5.97 Å². The number of aromatic carboxylic acids is 1. The molecule has 0 aliphatic heterocycles. The van der Waals surface area contributed by atoms with E-state index in [1.165, 1.54) is 0 Å². The van der Waals surface area contributed by atoms with E-state index in [0.717, 1.165) is 19.2 Å². The summed E-state index contributed by atoms with van der Waals surface area (Å²) in [7, 11) is -3.64. The van der Waals surface area contributed by atoms with Crippen LogP contribution >= 0.6 is 0 Å². The minimum atomic E-state index is -4.50. The number of hydrogen-bond donors (Lipinski definition) is 1. The van der Waals surface area contributed by atoms with Crippen LogP contribution < -0.4 is 0 Å². The van der Waals surface area contributed by atoms with Crippen LogP contribution in [0.2, 0.25) is 0 Å². The highest BCUT2D eigenvalue weighted by Gasteiger charge is 2.28. The van der Waals surface area contributed by atoms with Crippen LogP contribution in [-0.4, -0.2) is 43.8 Å². The zero-order chi connectivity index (χ0) is 14.8. The van der Waals surface area contributed by atoms with E-state index in [4.69, 9.17) is 5.11 Å². The van der Waals surface area contributed by atoms with Crippen LogP contribution in [0.1, 0.15) is 10.4 Å². The Kier molecular flexibility index (Phi) is 4.53. The largest absolute Gasteiger partial charge is 0.478 e. The zero-order valence-electron chi connectivity index (χ0n) is 9.68. The maximum atomic E-state index is 13.0. The number of nitrogens with zero attached hydrogens (tertiary/aromatic N) is 1. The Balaban J connectivity index is 3.35. The number of carbonyl (C=O) groups is 1. The molecular weight excluding hydrogens is 287 g/mol. The van der Waals surface area contributed by atoms with Crippen LogP contribution in [0.5, 0.6) is 0 Å². The number of halogens is 3. The van der Waals surface area contributed by atoms with Gasteiger partial charge < -0.3 is 5.11 Å². The smallest absolute Gasteiger partial charge is 0.337 e. The Bertz CT molecular complexity index is 588. The standard InChI is InChI=1S/C10H10F3NO4S/c1-14(5-9(12)13)19(17,18)8-4-6(11)2-3-7(8)10(15)16/h2-4,9H,5H2,1H3,(H,15,16). The van der Waals surface area contributed by atoms with E-state index in [1.54, 1.807) is 0 Å². The van der Waals surface area contributed by atoms with Gasteiger partial charge in [-0.25, -0.2) is 26.4 Å². The van der Waals surface area contributed by atoms with Gasteiger partial charge in [0.05, 0.1) is 17.0 Å². The average Bonchev–Trinajstić information content (AvgIpc) is 2.27. The van der Waals surface area contributed by atoms with Gasteiger partial charge in [-0.15, -0.1) is 0 Å². The fraction of sp³-hybridized carbons (Fsp3) is 0.300. The lowest BCUT2D eigenvalue weighted by Crippen LogP contribution is -2.32. The lowest BCUT2D eigenvalue weighted by Gasteiger charge is -2.17. The van der Waals surface area contributed by atoms with E-state index in [0.29, 0.717) is 6.07 Å². The Morgan fingerprint density at radius 1 is 1.42 bits per heavy atom. The lowest BCUT2D eigenvalue weighted by molar-refractivity contribution is 0.0692. The molecule has 1 aromatic carbocycles. The first kappa shape index (κ1) is 15.4. The third-order valence-corrected chi connectivity index (χ3v) is 4.12. The summed E-state index contributed by atoms with van der Waals surface area (Å²) in [4.78, 5) is 10.0. The minimum Gasteiger partial charge on any atom is -0.478 e. The van der Waals surface area contributed by atoms with Gasteiger partial charge in [0.1, 0.15) is 5.82 Å². The minimum absolute atomic E-state index is 0.277. The predicted molar refractivity (Wildman–Crippen MR) is 59.2 cm³/mol. The highest BCUT2D eigenvalue weighted by molar-refractivity contribution is 7.89. The summed E-state index contributed by atoms with van der Waals surface area (Å²) in [5.74, 6) is -2.57. The quantitative estimate of drug-likeness (QED) is 0.891. The second kappa shape index (κ2) is 5.57. The van der Waals surface area contributed by atoms with Crippen LogP contribution in [-0.2, 0) is 10.0 Å². The molecule has 0 aliphatic rings. The molecule has 1 rings (SSSR count). The summed E-state index contributed by atoms with van der Waals surface area (Å²) in [6.45, 7) is -1.11. The number of alkyl halides is 2. The molecule has 0 aliphatic carbocycles. The maximum absolute atomic E-state index is 13.0. The number of sulfonamides is 1. The van der Waals surface area contributed by atoms with Crippen molar-refractivity contribution in [3.63, 3.8) is 0 Å². The highest BCUT2D eigenvalue weighted by Crippen LogP contribution is 2.21. The molecule has 1 N–H and O–H groups in total. The second-order valence-electron chi connectivity index (χ2n) is 3.62. The van der Waals surface area contributed by atoms with Gasteiger partial charge in [0.2, 0.25) is 10.0 Å². The van der Waals surface area contributed by atoms with E-state index in [-0.39, 0.29) is 4.31 Å². The molecular formula is C10H10F3NO4S. The Morgan fingerprint density at radius 2 is 2.00 bits per heavy atom. The average molecular weight is 297 g/mol. The van der Waals surface area contributed by atoms with E-state index in [2.05, 4.69) is 0 Å². The van der Waals surface area contributed by atoms with Crippen LogP contribution in [0.3, 0.4) is 0 Å². The van der Waals surface area contributed by atoms with Gasteiger partial charge in [0, 0.05) is 7.05 Å². The van der Waals surface area contributed by atoms with Crippen molar-refractivity contribution in [2.75, 3.05) is 13.6 Å². The molecule has 19 heavy (non-hydrogen) atoms. The van der Waals surface area contributed by atoms with Gasteiger partial charge in [0.15, 0.2) is 0 Å². The van der Waals surface area contributed by atoms with Crippen LogP contribution in [0.15, 0.2) is 23.1 Å². The molecule has 0 fully saturated rings. The van der Waals surface area contributed by atoms with E-state index in [1.807, 2.05) is 0 Å². The predicted octanol–water partition coefficient (Wildman–Crippen LogP) is 1.41. The van der Waals surface area contributed by atoms with Crippen molar-refractivity contribution in [1.82, 2.24) is 4.31 Å². The van der Waals surface area contributed by atoms with Crippen molar-refractivity contribution in [2.24, 2.45) is 0 Å². The summed E-state index contributed by atoms with van der Waals surface area (Å²) in [5.41, 5.74) is -0.678. The molecule has 9 heteroatoms. The van der Waals surface area contributed by atoms with Crippen molar-refractivity contribution in [3.05, 3.63) is 29.6 Å². The first-order valence-corrected chi connectivity index (χ1v) is 6.37. The van der Waals surface area contributed by atoms with E-state index >= 15 is 0 Å². The number of carboxylic acid groups (broad SMARTS) is 1. The molecule has 0 unspecified atom stereocenters. The fourth-order valence-electron chi connectivity index (χ4n) is 1.35. The summed E-state index contributed by atoms with van der Waals surface area (Å²) in [5, 5.41) is 8.83. The van der Waals surface area contributed by atoms with Gasteiger partial charge in [-0.2, -0.15) is 4.31 Å². The van der Waals surface area contributed by atoms with Crippen LogP contribution in [0, 0.1) is 5.82 Å². The molecule has 1 aromatic rings. The molecule has 0 amide bonds. The van der Waals surface area contributed by atoms with Gasteiger partial charge in [0.25, 0.3) is 6.43 Å². The van der Waals surface area contributed by atoms with Gasteiger partial charge in [-0.1, -0.05) is 0 Å². The number of rotatable bonds is 5. The molecule has 0 saturated heterocycles. The monoisotopic (exact) mass is 297 g/mol. The summed E-state index contributed by atoms with van der Waals surface area (Å²) in [6.07, 6.45) is -2.93. The fourth-order valence-corrected chi connectivity index (χ4v) is 2.69. The molecule has 0 bridgehead atoms. The topological polar surface area (TPSA) is 74.7 Å². The summed E-state index contributed by atoms with van der Waals surface area (Å²) >= 11 is 0. The third kappa shape index (κ3) is 3.44. The molecule has 0 saturated carbocycles. The lowest BCUT2D eigenvalue weighted by atomic mass is 10.2. The van der Waals surface area contributed by atoms with Gasteiger partial charge in [-0.05, 0) is 18.2 Å². The van der Waals surface area contributed by atoms with Crippen molar-refractivity contribution >= 4 is 16.0 Å². The maximum Gasteiger partial charge on any atom is 0.337 e. The van der Waals surface area contributed by atoms with Crippen molar-refractivity contribution < 1.29 is 31.5 Å². The normalized spacial score (nSPS) is 12.1. The number of hydrogen-bond acceptors (Lipinski definition) is 3. The highest BCUT2D eigenvalue weighted by atomic mass is 32.2. The van der Waals surface area contributed by atoms with E-state index in [9.17, 15) is 26.4 Å². The zero-order valence-corrected chi connectivity index (χ0v) is 10.5. The molecule has 0 spiro atoms. The van der Waals surface area contributed by atoms with Crippen molar-refractivity contribution in [3.8, 4) is 0 Å². The Hall–Kier alpha value is -1.61. The Morgan fingerprint density at radius 3 is 2.47 bits per heavy atom. The number of benzene rings is 1. The second-order valence-corrected chi connectivity index (χ2v) is 5.64. The SMILES string of the molecule is CN(CC(F)F)S(=O)(=O)c1cc(F)ccc1C(=O)O. The first-order chi connectivity index (χ1) is 8.66. The van der Waals surface area contributed by atoms with Crippen LogP contribution in [0.25, 0.3) is 0 Å². The number of carboxylic acids is 1. The first-order valence-electron chi connectivity index (χ1n) is 4.93. The third-order valence-electron chi connectivity index (χ3n) is 2.26. The Labute approximate surface area is 107 Å². The molecule has 0 heterocycles. The van der Waals surface area contributed by atoms with Gasteiger partial charge in [-0.3, -0.25) is 0 Å². The van der Waals surface area contributed by atoms with Crippen LogP contribution in [0.4, 0.5) is 13.2 Å². The molecule has 0 atom stereocenters. The van der Waals surface area contributed by atoms with Crippen molar-refractivity contribution in [2.45, 2.75) is 11.3 Å². The molecule has 0 radical (unpaired) electrons. The molecule has 0 aromatic heterocycles. The molecule has 5 nitrogen and oxygen atoms in total. The summed E-state index contributed by atoms with van der Waals surface area (Å²) < 4.78 is 61.5. The van der Waals surface area contributed by atoms with E-state index < -0.39 is 45.2 Å². The molecule has 106 valence electrons.